The van der Waals surface area contributed by atoms with Crippen LogP contribution in [0.2, 0.25) is 0 Å². The van der Waals surface area contributed by atoms with Crippen molar-refractivity contribution in [2.75, 3.05) is 0 Å². The molecular formula is C30H20F2N4. The second kappa shape index (κ2) is 8.57. The predicted molar refractivity (Wildman–Crippen MR) is 138 cm³/mol. The highest BCUT2D eigenvalue weighted by Gasteiger charge is 2.14. The van der Waals surface area contributed by atoms with Gasteiger partial charge in [0.25, 0.3) is 0 Å². The quantitative estimate of drug-likeness (QED) is 0.267. The Balaban J connectivity index is 1.44. The van der Waals surface area contributed by atoms with Crippen molar-refractivity contribution in [2.45, 2.75) is 13.8 Å². The lowest BCUT2D eigenvalue weighted by molar-refractivity contribution is 0.630. The molecule has 6 aromatic rings. The van der Waals surface area contributed by atoms with Crippen LogP contribution in [-0.2, 0) is 0 Å². The summed E-state index contributed by atoms with van der Waals surface area (Å²) in [5.41, 5.74) is 6.33. The molecule has 4 aromatic heterocycles. The van der Waals surface area contributed by atoms with Crippen molar-refractivity contribution in [3.63, 3.8) is 0 Å². The van der Waals surface area contributed by atoms with Crippen LogP contribution in [0.15, 0.2) is 85.1 Å². The molecule has 0 bridgehead atoms. The molecule has 2 aromatic carbocycles. The lowest BCUT2D eigenvalue weighted by Crippen LogP contribution is -1.97. The zero-order chi connectivity index (χ0) is 24.8. The third kappa shape index (κ3) is 3.77. The average Bonchev–Trinajstić information content (AvgIpc) is 2.88. The van der Waals surface area contributed by atoms with E-state index in [1.54, 1.807) is 42.6 Å². The number of nitrogens with zero attached hydrogens (tertiary/aromatic N) is 4. The van der Waals surface area contributed by atoms with E-state index in [1.807, 2.05) is 44.2 Å². The number of aryl methyl sites for hydroxylation is 2. The molecule has 0 saturated heterocycles. The molecule has 4 nitrogen and oxygen atoms in total. The molecule has 6 rings (SSSR count). The van der Waals surface area contributed by atoms with E-state index in [0.29, 0.717) is 39.5 Å². The molecule has 0 amide bonds. The highest BCUT2D eigenvalue weighted by atomic mass is 19.1. The number of aromatic nitrogens is 4. The summed E-state index contributed by atoms with van der Waals surface area (Å²) < 4.78 is 28.8. The van der Waals surface area contributed by atoms with E-state index in [1.165, 1.54) is 12.1 Å². The molecule has 36 heavy (non-hydrogen) atoms. The summed E-state index contributed by atoms with van der Waals surface area (Å²) in [6, 6.07) is 23.0. The van der Waals surface area contributed by atoms with Crippen LogP contribution < -0.4 is 0 Å². The van der Waals surface area contributed by atoms with E-state index in [4.69, 9.17) is 9.97 Å². The van der Waals surface area contributed by atoms with Gasteiger partial charge in [-0.15, -0.1) is 0 Å². The summed E-state index contributed by atoms with van der Waals surface area (Å²) in [5.74, 6) is -0.637. The minimum atomic E-state index is -0.319. The summed E-state index contributed by atoms with van der Waals surface area (Å²) in [7, 11) is 0. The van der Waals surface area contributed by atoms with Gasteiger partial charge in [0.2, 0.25) is 0 Å². The standard InChI is InChI=1S/C30H20F2N4/c1-17-13-19-11-12-26(34-30(19)36-28(17)23-8-4-6-10-25(23)32)21-15-20-14-18(2)27(35-29(20)33-16-21)22-7-3-5-9-24(22)31/h3-16H,1-2H3. The van der Waals surface area contributed by atoms with Crippen LogP contribution in [0.4, 0.5) is 8.78 Å². The van der Waals surface area contributed by atoms with Gasteiger partial charge >= 0.3 is 0 Å². The summed E-state index contributed by atoms with van der Waals surface area (Å²) in [5, 5.41) is 1.70. The van der Waals surface area contributed by atoms with Gasteiger partial charge in [-0.2, -0.15) is 0 Å². The second-order valence-electron chi connectivity index (χ2n) is 8.78. The first-order chi connectivity index (χ1) is 17.5. The van der Waals surface area contributed by atoms with E-state index < -0.39 is 0 Å². The minimum absolute atomic E-state index is 0.318. The van der Waals surface area contributed by atoms with Crippen molar-refractivity contribution in [1.82, 2.24) is 19.9 Å². The summed E-state index contributed by atoms with van der Waals surface area (Å²) in [6.07, 6.45) is 1.70. The Kier molecular flexibility index (Phi) is 5.22. The highest BCUT2D eigenvalue weighted by molar-refractivity contribution is 5.86. The Bertz CT molecular complexity index is 1800. The Labute approximate surface area is 206 Å². The molecule has 0 spiro atoms. The van der Waals surface area contributed by atoms with Gasteiger partial charge in [0.15, 0.2) is 11.3 Å². The first-order valence-electron chi connectivity index (χ1n) is 11.5. The molecule has 0 saturated carbocycles. The minimum Gasteiger partial charge on any atom is -0.236 e. The van der Waals surface area contributed by atoms with Gasteiger partial charge in [-0.25, -0.2) is 28.7 Å². The van der Waals surface area contributed by atoms with Crippen LogP contribution in [0.25, 0.3) is 55.8 Å². The normalized spacial score (nSPS) is 11.3. The Morgan fingerprint density at radius 3 is 1.81 bits per heavy atom. The number of pyridine rings is 4. The van der Waals surface area contributed by atoms with E-state index in [2.05, 4.69) is 9.97 Å². The number of hydrogen-bond donors (Lipinski definition) is 0. The highest BCUT2D eigenvalue weighted by Crippen LogP contribution is 2.30. The first kappa shape index (κ1) is 21.9. The van der Waals surface area contributed by atoms with Crippen LogP contribution in [-0.4, -0.2) is 19.9 Å². The third-order valence-electron chi connectivity index (χ3n) is 6.28. The van der Waals surface area contributed by atoms with E-state index >= 15 is 0 Å². The molecule has 6 heteroatoms. The van der Waals surface area contributed by atoms with Crippen molar-refractivity contribution in [3.05, 3.63) is 108 Å². The van der Waals surface area contributed by atoms with Crippen molar-refractivity contribution < 1.29 is 8.78 Å². The molecule has 0 radical (unpaired) electrons. The zero-order valence-electron chi connectivity index (χ0n) is 19.6. The van der Waals surface area contributed by atoms with Gasteiger partial charge in [-0.1, -0.05) is 24.3 Å². The fourth-order valence-electron chi connectivity index (χ4n) is 4.48. The van der Waals surface area contributed by atoms with Crippen LogP contribution in [0.5, 0.6) is 0 Å². The van der Waals surface area contributed by atoms with Crippen LogP contribution >= 0.6 is 0 Å². The second-order valence-corrected chi connectivity index (χ2v) is 8.78. The molecule has 4 heterocycles. The Hall–Kier alpha value is -4.58. The fraction of sp³-hybridized carbons (Fsp3) is 0.0667. The van der Waals surface area contributed by atoms with Gasteiger partial charge in [-0.3, -0.25) is 0 Å². The van der Waals surface area contributed by atoms with Crippen molar-refractivity contribution in [3.8, 4) is 33.8 Å². The molecule has 0 aliphatic rings. The molecule has 0 N–H and O–H groups in total. The average molecular weight is 475 g/mol. The molecule has 0 aliphatic heterocycles. The molecular weight excluding hydrogens is 454 g/mol. The monoisotopic (exact) mass is 474 g/mol. The molecule has 174 valence electrons. The Morgan fingerprint density at radius 1 is 0.583 bits per heavy atom. The number of halogens is 2. The van der Waals surface area contributed by atoms with Gasteiger partial charge in [0, 0.05) is 33.7 Å². The van der Waals surface area contributed by atoms with Gasteiger partial charge < -0.3 is 0 Å². The molecule has 0 fully saturated rings. The van der Waals surface area contributed by atoms with Crippen molar-refractivity contribution in [1.29, 1.82) is 0 Å². The summed E-state index contributed by atoms with van der Waals surface area (Å²) >= 11 is 0. The summed E-state index contributed by atoms with van der Waals surface area (Å²) in [6.45, 7) is 3.83. The van der Waals surface area contributed by atoms with Crippen LogP contribution in [0.1, 0.15) is 11.1 Å². The topological polar surface area (TPSA) is 51.6 Å². The van der Waals surface area contributed by atoms with E-state index in [9.17, 15) is 8.78 Å². The Morgan fingerprint density at radius 2 is 1.17 bits per heavy atom. The predicted octanol–water partition coefficient (Wildman–Crippen LogP) is 7.47. The number of benzene rings is 2. The van der Waals surface area contributed by atoms with Crippen LogP contribution in [0.3, 0.4) is 0 Å². The molecule has 0 atom stereocenters. The smallest absolute Gasteiger partial charge is 0.160 e. The van der Waals surface area contributed by atoms with Crippen molar-refractivity contribution >= 4 is 22.1 Å². The first-order valence-corrected chi connectivity index (χ1v) is 11.5. The van der Waals surface area contributed by atoms with E-state index in [-0.39, 0.29) is 11.6 Å². The zero-order valence-corrected chi connectivity index (χ0v) is 19.6. The van der Waals surface area contributed by atoms with Gasteiger partial charge in [0.1, 0.15) is 11.6 Å². The van der Waals surface area contributed by atoms with Crippen molar-refractivity contribution in [2.24, 2.45) is 0 Å². The number of fused-ring (bicyclic) bond motifs is 2. The summed E-state index contributed by atoms with van der Waals surface area (Å²) in [4.78, 5) is 18.6. The maximum atomic E-state index is 14.4. The number of hydrogen-bond acceptors (Lipinski definition) is 4. The SMILES string of the molecule is Cc1cc2cc(-c3ccc4cc(C)c(-c5ccccc5F)nc4n3)cnc2nc1-c1ccccc1F. The maximum absolute atomic E-state index is 14.4. The third-order valence-corrected chi connectivity index (χ3v) is 6.28. The van der Waals surface area contributed by atoms with Gasteiger partial charge in [-0.05, 0) is 79.6 Å². The lowest BCUT2D eigenvalue weighted by Gasteiger charge is -2.10. The maximum Gasteiger partial charge on any atom is 0.160 e. The largest absolute Gasteiger partial charge is 0.236 e. The van der Waals surface area contributed by atoms with Gasteiger partial charge in [0.05, 0.1) is 17.1 Å². The van der Waals surface area contributed by atoms with E-state index in [0.717, 1.165) is 27.5 Å². The van der Waals surface area contributed by atoms with Crippen LogP contribution in [0, 0.1) is 25.5 Å². The molecule has 0 aliphatic carbocycles. The number of rotatable bonds is 3. The fourth-order valence-corrected chi connectivity index (χ4v) is 4.48. The molecule has 0 unspecified atom stereocenters. The lowest BCUT2D eigenvalue weighted by atomic mass is 10.0.